The van der Waals surface area contributed by atoms with E-state index in [2.05, 4.69) is 15.3 Å². The average Bonchev–Trinajstić information content (AvgIpc) is 3.02. The standard InChI is InChI=1S/C16H13F2N5O4/c1-3-27-16(26)13(8(2)24)22-7-19-14-12(15(22)25)20-21-23(14)11-5-4-9(17)6-10(11)18/h4-7,13H,3H2,1-2H3/t13-/m1/s1. The fourth-order valence-corrected chi connectivity index (χ4v) is 2.52. The minimum atomic E-state index is -1.53. The van der Waals surface area contributed by atoms with Crippen molar-refractivity contribution in [3.8, 4) is 5.69 Å². The molecule has 1 aromatic carbocycles. The lowest BCUT2D eigenvalue weighted by Gasteiger charge is -2.14. The number of esters is 1. The van der Waals surface area contributed by atoms with Crippen molar-refractivity contribution in [1.82, 2.24) is 24.5 Å². The Labute approximate surface area is 150 Å². The van der Waals surface area contributed by atoms with Gasteiger partial charge in [-0.25, -0.2) is 18.6 Å². The normalized spacial score (nSPS) is 12.1. The number of carbonyl (C=O) groups is 2. The van der Waals surface area contributed by atoms with Gasteiger partial charge in [-0.15, -0.1) is 5.10 Å². The number of hydrogen-bond donors (Lipinski definition) is 0. The molecule has 2 heterocycles. The molecule has 0 saturated carbocycles. The molecule has 0 saturated heterocycles. The molecule has 0 unspecified atom stereocenters. The lowest BCUT2D eigenvalue weighted by Crippen LogP contribution is -2.35. The van der Waals surface area contributed by atoms with Crippen molar-refractivity contribution in [3.05, 3.63) is 46.5 Å². The number of aromatic nitrogens is 5. The van der Waals surface area contributed by atoms with E-state index in [1.165, 1.54) is 0 Å². The molecule has 0 aliphatic carbocycles. The second-order valence-corrected chi connectivity index (χ2v) is 5.49. The highest BCUT2D eigenvalue weighted by molar-refractivity contribution is 6.00. The van der Waals surface area contributed by atoms with Crippen LogP contribution in [0.25, 0.3) is 16.9 Å². The number of hydrogen-bond acceptors (Lipinski definition) is 7. The van der Waals surface area contributed by atoms with Gasteiger partial charge in [0.15, 0.2) is 28.8 Å². The summed E-state index contributed by atoms with van der Waals surface area (Å²) in [6.45, 7) is 2.71. The summed E-state index contributed by atoms with van der Waals surface area (Å²) in [7, 11) is 0. The highest BCUT2D eigenvalue weighted by Gasteiger charge is 2.29. The molecule has 0 bridgehead atoms. The SMILES string of the molecule is CCOC(=O)[C@@H](C(C)=O)n1cnc2c(nnn2-c2ccc(F)cc2F)c1=O. The molecule has 0 amide bonds. The van der Waals surface area contributed by atoms with Crippen molar-refractivity contribution in [3.63, 3.8) is 0 Å². The van der Waals surface area contributed by atoms with Crippen LogP contribution < -0.4 is 5.56 Å². The predicted molar refractivity (Wildman–Crippen MR) is 87.2 cm³/mol. The number of Topliss-reactive ketones (excluding diaryl/α,β-unsaturated/α-hetero) is 1. The third kappa shape index (κ3) is 3.18. The van der Waals surface area contributed by atoms with Gasteiger partial charge in [0, 0.05) is 6.07 Å². The molecule has 0 radical (unpaired) electrons. The number of carbonyl (C=O) groups excluding carboxylic acids is 2. The van der Waals surface area contributed by atoms with Crippen LogP contribution in [0.1, 0.15) is 19.9 Å². The molecule has 2 aromatic heterocycles. The zero-order chi connectivity index (χ0) is 19.7. The van der Waals surface area contributed by atoms with Gasteiger partial charge in [-0.3, -0.25) is 14.2 Å². The van der Waals surface area contributed by atoms with Crippen LogP contribution >= 0.6 is 0 Å². The van der Waals surface area contributed by atoms with Crippen molar-refractivity contribution in [2.45, 2.75) is 19.9 Å². The van der Waals surface area contributed by atoms with Crippen LogP contribution in [-0.2, 0) is 14.3 Å². The largest absolute Gasteiger partial charge is 0.464 e. The quantitative estimate of drug-likeness (QED) is 0.481. The maximum atomic E-state index is 14.0. The van der Waals surface area contributed by atoms with Gasteiger partial charge in [0.2, 0.25) is 0 Å². The molecule has 0 fully saturated rings. The van der Waals surface area contributed by atoms with Crippen LogP contribution in [0, 0.1) is 11.6 Å². The fourth-order valence-electron chi connectivity index (χ4n) is 2.52. The van der Waals surface area contributed by atoms with E-state index in [9.17, 15) is 23.2 Å². The Morgan fingerprint density at radius 2 is 2.04 bits per heavy atom. The van der Waals surface area contributed by atoms with Crippen LogP contribution in [0.15, 0.2) is 29.3 Å². The highest BCUT2D eigenvalue weighted by atomic mass is 19.1. The van der Waals surface area contributed by atoms with E-state index in [-0.39, 0.29) is 23.5 Å². The maximum Gasteiger partial charge on any atom is 0.337 e. The summed E-state index contributed by atoms with van der Waals surface area (Å²) in [4.78, 5) is 40.5. The first-order chi connectivity index (χ1) is 12.8. The number of ether oxygens (including phenoxy) is 1. The number of rotatable bonds is 5. The Balaban J connectivity index is 2.16. The third-order valence-corrected chi connectivity index (χ3v) is 3.70. The number of halogens is 2. The van der Waals surface area contributed by atoms with Crippen molar-refractivity contribution in [2.24, 2.45) is 0 Å². The van der Waals surface area contributed by atoms with E-state index >= 15 is 0 Å². The second-order valence-electron chi connectivity index (χ2n) is 5.49. The zero-order valence-corrected chi connectivity index (χ0v) is 14.2. The Kier molecular flexibility index (Phi) is 4.75. The van der Waals surface area contributed by atoms with E-state index in [4.69, 9.17) is 4.74 Å². The Hall–Kier alpha value is -3.50. The van der Waals surface area contributed by atoms with Crippen molar-refractivity contribution in [2.75, 3.05) is 6.61 Å². The highest BCUT2D eigenvalue weighted by Crippen LogP contribution is 2.17. The van der Waals surface area contributed by atoms with E-state index < -0.39 is 35.0 Å². The molecule has 9 nitrogen and oxygen atoms in total. The summed E-state index contributed by atoms with van der Waals surface area (Å²) in [6.07, 6.45) is 0.953. The molecule has 0 N–H and O–H groups in total. The van der Waals surface area contributed by atoms with Gasteiger partial charge in [-0.2, -0.15) is 4.68 Å². The number of nitrogens with zero attached hydrogens (tertiary/aromatic N) is 5. The summed E-state index contributed by atoms with van der Waals surface area (Å²) >= 11 is 0. The first-order valence-corrected chi connectivity index (χ1v) is 7.80. The van der Waals surface area contributed by atoms with Gasteiger partial charge in [-0.1, -0.05) is 5.21 Å². The van der Waals surface area contributed by atoms with Crippen LogP contribution in [0.2, 0.25) is 0 Å². The lowest BCUT2D eigenvalue weighted by molar-refractivity contribution is -0.150. The molecular weight excluding hydrogens is 364 g/mol. The maximum absolute atomic E-state index is 14.0. The number of fused-ring (bicyclic) bond motifs is 1. The zero-order valence-electron chi connectivity index (χ0n) is 14.2. The van der Waals surface area contributed by atoms with Gasteiger partial charge >= 0.3 is 5.97 Å². The topological polar surface area (TPSA) is 109 Å². The molecule has 3 rings (SSSR count). The van der Waals surface area contributed by atoms with Gasteiger partial charge in [0.1, 0.15) is 17.8 Å². The number of benzene rings is 1. The molecule has 1 atom stereocenters. The van der Waals surface area contributed by atoms with Gasteiger partial charge < -0.3 is 4.74 Å². The van der Waals surface area contributed by atoms with Gasteiger partial charge in [-0.05, 0) is 26.0 Å². The molecule has 0 spiro atoms. The Morgan fingerprint density at radius 3 is 2.67 bits per heavy atom. The van der Waals surface area contributed by atoms with Crippen molar-refractivity contribution >= 4 is 22.9 Å². The predicted octanol–water partition coefficient (Wildman–Crippen LogP) is 0.949. The first kappa shape index (κ1) is 18.3. The third-order valence-electron chi connectivity index (χ3n) is 3.70. The summed E-state index contributed by atoms with van der Waals surface area (Å²) in [6, 6.07) is 1.25. The van der Waals surface area contributed by atoms with Crippen molar-refractivity contribution in [1.29, 1.82) is 0 Å². The smallest absolute Gasteiger partial charge is 0.337 e. The Morgan fingerprint density at radius 1 is 1.30 bits per heavy atom. The van der Waals surface area contributed by atoms with Crippen LogP contribution in [0.3, 0.4) is 0 Å². The molecule has 11 heteroatoms. The fraction of sp³-hybridized carbons (Fsp3) is 0.250. The second kappa shape index (κ2) is 7.02. The van der Waals surface area contributed by atoms with Crippen LogP contribution in [0.4, 0.5) is 8.78 Å². The Bertz CT molecular complexity index is 1110. The minimum Gasteiger partial charge on any atom is -0.464 e. The van der Waals surface area contributed by atoms with Gasteiger partial charge in [0.05, 0.1) is 6.61 Å². The molecule has 140 valence electrons. The van der Waals surface area contributed by atoms with E-state index in [1.807, 2.05) is 0 Å². The minimum absolute atomic E-state index is 0.0209. The summed E-state index contributed by atoms with van der Waals surface area (Å²) < 4.78 is 33.6. The summed E-state index contributed by atoms with van der Waals surface area (Å²) in [5.74, 6) is -3.26. The molecular formula is C16H13F2N5O4. The van der Waals surface area contributed by atoms with E-state index in [0.717, 1.165) is 34.6 Å². The van der Waals surface area contributed by atoms with Crippen molar-refractivity contribution < 1.29 is 23.1 Å². The number of ketones is 1. The molecule has 0 aliphatic heterocycles. The van der Waals surface area contributed by atoms with Gasteiger partial charge in [0.25, 0.3) is 5.56 Å². The molecule has 3 aromatic rings. The monoisotopic (exact) mass is 377 g/mol. The lowest BCUT2D eigenvalue weighted by atomic mass is 10.2. The molecule has 0 aliphatic rings. The summed E-state index contributed by atoms with van der Waals surface area (Å²) in [5, 5.41) is 7.33. The van der Waals surface area contributed by atoms with Crippen LogP contribution in [-0.4, -0.2) is 42.9 Å². The van der Waals surface area contributed by atoms with E-state index in [1.54, 1.807) is 6.92 Å². The average molecular weight is 377 g/mol. The van der Waals surface area contributed by atoms with E-state index in [0.29, 0.717) is 6.07 Å². The first-order valence-electron chi connectivity index (χ1n) is 7.80. The summed E-state index contributed by atoms with van der Waals surface area (Å²) in [5.41, 5.74) is -1.41. The molecule has 27 heavy (non-hydrogen) atoms. The van der Waals surface area contributed by atoms with Crippen LogP contribution in [0.5, 0.6) is 0 Å².